The second kappa shape index (κ2) is 5.26. The van der Waals surface area contributed by atoms with Crippen molar-refractivity contribution in [2.24, 2.45) is 4.99 Å². The summed E-state index contributed by atoms with van der Waals surface area (Å²) < 4.78 is 12.3. The number of benzene rings is 1. The first-order chi connectivity index (χ1) is 11.4. The first-order valence-corrected chi connectivity index (χ1v) is 8.33. The van der Waals surface area contributed by atoms with Gasteiger partial charge in [0.15, 0.2) is 0 Å². The number of hydrogen-bond donors (Lipinski definition) is 0. The van der Waals surface area contributed by atoms with Gasteiger partial charge in [-0.1, -0.05) is 30.3 Å². The van der Waals surface area contributed by atoms with E-state index in [-0.39, 0.29) is 11.2 Å². The van der Waals surface area contributed by atoms with Crippen LogP contribution in [0.2, 0.25) is 0 Å². The maximum Gasteiger partial charge on any atom is 0.496 e. The van der Waals surface area contributed by atoms with Crippen molar-refractivity contribution in [3.05, 3.63) is 57.7 Å². The Morgan fingerprint density at radius 1 is 1.04 bits per heavy atom. The predicted molar refractivity (Wildman–Crippen MR) is 94.2 cm³/mol. The van der Waals surface area contributed by atoms with E-state index in [1.807, 2.05) is 24.4 Å². The van der Waals surface area contributed by atoms with Crippen LogP contribution in [0, 0.1) is 10.6 Å². The maximum absolute atomic E-state index is 6.13. The lowest BCUT2D eigenvalue weighted by Crippen LogP contribution is -2.41. The van der Waals surface area contributed by atoms with E-state index in [2.05, 4.69) is 55.9 Å². The Labute approximate surface area is 141 Å². The molecule has 4 rings (SSSR count). The quantitative estimate of drug-likeness (QED) is 0.739. The van der Waals surface area contributed by atoms with Gasteiger partial charge in [0.25, 0.3) is 0 Å². The fourth-order valence-corrected chi connectivity index (χ4v) is 3.04. The van der Waals surface area contributed by atoms with Crippen molar-refractivity contribution >= 4 is 18.7 Å². The van der Waals surface area contributed by atoms with E-state index in [4.69, 9.17) is 9.31 Å². The lowest BCUT2D eigenvalue weighted by Gasteiger charge is -2.32. The Morgan fingerprint density at radius 3 is 2.50 bits per heavy atom. The number of pyridine rings is 1. The van der Waals surface area contributed by atoms with Crippen LogP contribution in [0.4, 0.5) is 0 Å². The topological polar surface area (TPSA) is 43.7 Å². The Kier molecular flexibility index (Phi) is 3.41. The highest BCUT2D eigenvalue weighted by molar-refractivity contribution is 6.62. The summed E-state index contributed by atoms with van der Waals surface area (Å²) in [4.78, 5) is 9.36. The fourth-order valence-electron chi connectivity index (χ4n) is 3.04. The van der Waals surface area contributed by atoms with E-state index < -0.39 is 7.12 Å². The molecule has 0 saturated carbocycles. The number of hydrogen-bond acceptors (Lipinski definition) is 4. The Bertz CT molecular complexity index is 998. The lowest BCUT2D eigenvalue weighted by molar-refractivity contribution is 0.00578. The molecular formula is C19H21BN2O2. The van der Waals surface area contributed by atoms with Gasteiger partial charge in [-0.15, -0.1) is 0 Å². The molecule has 0 aliphatic carbocycles. The summed E-state index contributed by atoms with van der Waals surface area (Å²) in [5.74, 6) is 0. The van der Waals surface area contributed by atoms with E-state index in [1.165, 1.54) is 5.22 Å². The molecule has 0 amide bonds. The molecule has 0 atom stereocenters. The summed E-state index contributed by atoms with van der Waals surface area (Å²) in [6.07, 6.45) is 3.98. The van der Waals surface area contributed by atoms with E-state index in [0.29, 0.717) is 6.54 Å². The van der Waals surface area contributed by atoms with E-state index in [0.717, 1.165) is 21.4 Å². The summed E-state index contributed by atoms with van der Waals surface area (Å²) in [6, 6.07) is 10.3. The largest absolute Gasteiger partial charge is 0.496 e. The lowest BCUT2D eigenvalue weighted by atomic mass is 9.80. The highest BCUT2D eigenvalue weighted by Crippen LogP contribution is 2.36. The summed E-state index contributed by atoms with van der Waals surface area (Å²) in [5.41, 5.74) is 0.194. The van der Waals surface area contributed by atoms with Gasteiger partial charge in [0.05, 0.1) is 28.5 Å². The SMILES string of the molecule is CC1(C)OB(c2cnc3c(c2)=NCC=c2ccccc2=3)OC1(C)C. The molecule has 0 bridgehead atoms. The van der Waals surface area contributed by atoms with Crippen molar-refractivity contribution in [2.45, 2.75) is 38.9 Å². The molecule has 4 nitrogen and oxygen atoms in total. The molecule has 1 saturated heterocycles. The van der Waals surface area contributed by atoms with Crippen LogP contribution in [0.3, 0.4) is 0 Å². The van der Waals surface area contributed by atoms with E-state index in [9.17, 15) is 0 Å². The monoisotopic (exact) mass is 320 g/mol. The van der Waals surface area contributed by atoms with Gasteiger partial charge in [-0.2, -0.15) is 0 Å². The first kappa shape index (κ1) is 15.5. The van der Waals surface area contributed by atoms with Crippen LogP contribution in [0.15, 0.2) is 41.5 Å². The van der Waals surface area contributed by atoms with Gasteiger partial charge in [0.2, 0.25) is 0 Å². The van der Waals surface area contributed by atoms with Crippen LogP contribution < -0.4 is 16.0 Å². The predicted octanol–water partition coefficient (Wildman–Crippen LogP) is 1.08. The van der Waals surface area contributed by atoms with Gasteiger partial charge >= 0.3 is 7.12 Å². The van der Waals surface area contributed by atoms with Crippen LogP contribution in [-0.4, -0.2) is 29.8 Å². The van der Waals surface area contributed by atoms with Crippen molar-refractivity contribution in [2.75, 3.05) is 6.54 Å². The van der Waals surface area contributed by atoms with Crippen LogP contribution in [-0.2, 0) is 9.31 Å². The summed E-state index contributed by atoms with van der Waals surface area (Å²) in [5, 5.41) is 4.10. The van der Waals surface area contributed by atoms with Crippen molar-refractivity contribution < 1.29 is 9.31 Å². The highest BCUT2D eigenvalue weighted by atomic mass is 16.7. The Balaban J connectivity index is 1.87. The van der Waals surface area contributed by atoms with E-state index in [1.54, 1.807) is 0 Å². The Hall–Kier alpha value is -1.98. The zero-order valence-electron chi connectivity index (χ0n) is 14.5. The van der Waals surface area contributed by atoms with Crippen molar-refractivity contribution in [1.82, 2.24) is 4.98 Å². The van der Waals surface area contributed by atoms with Crippen LogP contribution >= 0.6 is 0 Å². The van der Waals surface area contributed by atoms with Gasteiger partial charge in [0, 0.05) is 16.9 Å². The molecule has 2 aliphatic heterocycles. The average molecular weight is 320 g/mol. The second-order valence-corrected chi connectivity index (χ2v) is 7.36. The van der Waals surface area contributed by atoms with Gasteiger partial charge in [0.1, 0.15) is 0 Å². The van der Waals surface area contributed by atoms with Gasteiger partial charge in [-0.25, -0.2) is 0 Å². The summed E-state index contributed by atoms with van der Waals surface area (Å²) in [6.45, 7) is 8.87. The van der Waals surface area contributed by atoms with Crippen molar-refractivity contribution in [1.29, 1.82) is 0 Å². The maximum atomic E-state index is 6.13. The molecule has 2 aliphatic rings. The van der Waals surface area contributed by atoms with Gasteiger partial charge in [-0.3, -0.25) is 9.98 Å². The van der Waals surface area contributed by atoms with Crippen molar-refractivity contribution in [3.8, 4) is 0 Å². The van der Waals surface area contributed by atoms with Gasteiger partial charge < -0.3 is 9.31 Å². The number of rotatable bonds is 1. The molecular weight excluding hydrogens is 299 g/mol. The number of fused-ring (bicyclic) bond motifs is 2. The third kappa shape index (κ3) is 2.39. The smallest absolute Gasteiger partial charge is 0.399 e. The minimum Gasteiger partial charge on any atom is -0.399 e. The third-order valence-corrected chi connectivity index (χ3v) is 5.20. The molecule has 24 heavy (non-hydrogen) atoms. The van der Waals surface area contributed by atoms with Crippen LogP contribution in [0.25, 0.3) is 6.08 Å². The highest BCUT2D eigenvalue weighted by Gasteiger charge is 2.51. The average Bonchev–Trinajstić information content (AvgIpc) is 2.69. The third-order valence-electron chi connectivity index (χ3n) is 5.20. The molecule has 0 radical (unpaired) electrons. The first-order valence-electron chi connectivity index (χ1n) is 8.33. The normalized spacial score (nSPS) is 20.4. The standard InChI is InChI=1S/C19H21BN2O2/c1-18(2)19(3,4)24-20(23-18)14-11-16-17(22-12-14)15-8-6-5-7-13(15)9-10-21-16/h5-9,11-12H,10H2,1-4H3. The number of nitrogens with zero attached hydrogens (tertiary/aromatic N) is 2. The fraction of sp³-hybridized carbons (Fsp3) is 0.368. The molecule has 0 spiro atoms. The molecule has 0 unspecified atom stereocenters. The molecule has 2 aromatic rings. The second-order valence-electron chi connectivity index (χ2n) is 7.36. The Morgan fingerprint density at radius 2 is 1.75 bits per heavy atom. The molecule has 122 valence electrons. The zero-order chi connectivity index (χ0) is 16.9. The molecule has 5 heteroatoms. The minimum atomic E-state index is -0.412. The van der Waals surface area contributed by atoms with Crippen molar-refractivity contribution in [3.63, 3.8) is 0 Å². The molecule has 0 N–H and O–H groups in total. The van der Waals surface area contributed by atoms with Crippen LogP contribution in [0.5, 0.6) is 0 Å². The van der Waals surface area contributed by atoms with Crippen LogP contribution in [0.1, 0.15) is 27.7 Å². The summed E-state index contributed by atoms with van der Waals surface area (Å²) in [7, 11) is -0.412. The van der Waals surface area contributed by atoms with E-state index >= 15 is 0 Å². The van der Waals surface area contributed by atoms with Gasteiger partial charge in [-0.05, 0) is 39.0 Å². The molecule has 1 aromatic heterocycles. The minimum absolute atomic E-state index is 0.359. The molecule has 1 fully saturated rings. The molecule has 1 aromatic carbocycles. The number of aromatic nitrogens is 1. The molecule has 3 heterocycles. The zero-order valence-corrected chi connectivity index (χ0v) is 14.5. The summed E-state index contributed by atoms with van der Waals surface area (Å²) >= 11 is 0.